The summed E-state index contributed by atoms with van der Waals surface area (Å²) in [4.78, 5) is 2.46. The van der Waals surface area contributed by atoms with E-state index in [0.29, 0.717) is 37.7 Å². The molecule has 0 aromatic rings. The predicted molar refractivity (Wildman–Crippen MR) is 78.0 cm³/mol. The summed E-state index contributed by atoms with van der Waals surface area (Å²) < 4.78 is 15.8. The third-order valence-corrected chi connectivity index (χ3v) is 3.99. The third kappa shape index (κ3) is 8.10. The van der Waals surface area contributed by atoms with Crippen LogP contribution >= 0.6 is 11.6 Å². The van der Waals surface area contributed by atoms with Gasteiger partial charge in [0, 0.05) is 19.0 Å². The Labute approximate surface area is 122 Å². The second-order valence-corrected chi connectivity index (χ2v) is 5.76. The van der Waals surface area contributed by atoms with Gasteiger partial charge in [-0.1, -0.05) is 0 Å². The number of rotatable bonds is 10. The van der Waals surface area contributed by atoms with Crippen molar-refractivity contribution < 1.29 is 14.2 Å². The fourth-order valence-corrected chi connectivity index (χ4v) is 2.55. The molecule has 0 saturated carbocycles. The lowest BCUT2D eigenvalue weighted by molar-refractivity contribution is 0.0173. The van der Waals surface area contributed by atoms with Crippen molar-refractivity contribution in [3.8, 4) is 0 Å². The average Bonchev–Trinajstić information content (AvgIpc) is 2.42. The van der Waals surface area contributed by atoms with Crippen LogP contribution in [0.15, 0.2) is 0 Å². The average molecular weight is 294 g/mol. The van der Waals surface area contributed by atoms with Gasteiger partial charge in [-0.2, -0.15) is 0 Å². The maximum atomic E-state index is 6.14. The molecule has 1 heterocycles. The molecule has 0 aliphatic carbocycles. The van der Waals surface area contributed by atoms with Crippen LogP contribution in [0, 0.1) is 5.92 Å². The lowest BCUT2D eigenvalue weighted by Gasteiger charge is -2.32. The molecule has 1 unspecified atom stereocenters. The number of hydrogen-bond donors (Lipinski definition) is 0. The Balaban J connectivity index is 1.88. The maximum absolute atomic E-state index is 6.14. The summed E-state index contributed by atoms with van der Waals surface area (Å²) >= 11 is 6.14. The Hall–Kier alpha value is 0.130. The van der Waals surface area contributed by atoms with Gasteiger partial charge in [0.05, 0.1) is 33.0 Å². The zero-order valence-corrected chi connectivity index (χ0v) is 13.0. The molecule has 1 rings (SSSR count). The molecule has 19 heavy (non-hydrogen) atoms. The van der Waals surface area contributed by atoms with Crippen LogP contribution < -0.4 is 0 Å². The number of ether oxygens (including phenoxy) is 3. The number of alkyl halides is 1. The summed E-state index contributed by atoms with van der Waals surface area (Å²) in [6.07, 6.45) is 2.43. The van der Waals surface area contributed by atoms with Crippen LogP contribution in [0.1, 0.15) is 19.8 Å². The second kappa shape index (κ2) is 10.9. The molecule has 0 amide bonds. The minimum atomic E-state index is 0.308. The summed E-state index contributed by atoms with van der Waals surface area (Å²) in [7, 11) is 1.67. The van der Waals surface area contributed by atoms with E-state index in [2.05, 4.69) is 11.8 Å². The largest absolute Gasteiger partial charge is 0.382 e. The molecule has 1 atom stereocenters. The van der Waals surface area contributed by atoms with Crippen LogP contribution in [0.25, 0.3) is 0 Å². The van der Waals surface area contributed by atoms with E-state index >= 15 is 0 Å². The van der Waals surface area contributed by atoms with Crippen molar-refractivity contribution in [2.45, 2.75) is 25.1 Å². The Morgan fingerprint density at radius 1 is 1.05 bits per heavy atom. The molecule has 5 heteroatoms. The Kier molecular flexibility index (Phi) is 9.82. The molecular weight excluding hydrogens is 266 g/mol. The monoisotopic (exact) mass is 293 g/mol. The molecule has 0 aromatic carbocycles. The van der Waals surface area contributed by atoms with Gasteiger partial charge in [0.25, 0.3) is 0 Å². The lowest BCUT2D eigenvalue weighted by Crippen LogP contribution is -2.37. The van der Waals surface area contributed by atoms with Gasteiger partial charge in [0.15, 0.2) is 0 Å². The molecule has 0 N–H and O–H groups in total. The van der Waals surface area contributed by atoms with E-state index in [1.807, 2.05) is 0 Å². The van der Waals surface area contributed by atoms with Crippen LogP contribution in [0.4, 0.5) is 0 Å². The van der Waals surface area contributed by atoms with Crippen molar-refractivity contribution in [1.82, 2.24) is 4.90 Å². The predicted octanol–water partition coefficient (Wildman–Crippen LogP) is 2.01. The van der Waals surface area contributed by atoms with E-state index in [9.17, 15) is 0 Å². The fraction of sp³-hybridized carbons (Fsp3) is 1.00. The fourth-order valence-electron chi connectivity index (χ4n) is 2.29. The Morgan fingerprint density at radius 2 is 1.63 bits per heavy atom. The van der Waals surface area contributed by atoms with Gasteiger partial charge in [-0.15, -0.1) is 11.6 Å². The van der Waals surface area contributed by atoms with Crippen molar-refractivity contribution in [1.29, 1.82) is 0 Å². The van der Waals surface area contributed by atoms with E-state index in [1.54, 1.807) is 7.11 Å². The first-order valence-electron chi connectivity index (χ1n) is 7.25. The summed E-state index contributed by atoms with van der Waals surface area (Å²) in [5.74, 6) is 0.688. The van der Waals surface area contributed by atoms with Gasteiger partial charge in [-0.05, 0) is 38.8 Å². The number of halogens is 1. The minimum absolute atomic E-state index is 0.308. The molecule has 0 radical (unpaired) electrons. The van der Waals surface area contributed by atoms with E-state index in [0.717, 1.165) is 26.2 Å². The minimum Gasteiger partial charge on any atom is -0.382 e. The van der Waals surface area contributed by atoms with Crippen LogP contribution in [0.5, 0.6) is 0 Å². The molecular formula is C14H28ClNO3. The van der Waals surface area contributed by atoms with Gasteiger partial charge >= 0.3 is 0 Å². The van der Waals surface area contributed by atoms with Crippen molar-refractivity contribution in [2.75, 3.05) is 59.8 Å². The molecule has 1 fully saturated rings. The van der Waals surface area contributed by atoms with Crippen LogP contribution in [-0.2, 0) is 14.2 Å². The van der Waals surface area contributed by atoms with Crippen LogP contribution in [0.2, 0.25) is 0 Å². The summed E-state index contributed by atoms with van der Waals surface area (Å²) in [5.41, 5.74) is 0. The topological polar surface area (TPSA) is 30.9 Å². The van der Waals surface area contributed by atoms with Gasteiger partial charge in [-0.3, -0.25) is 0 Å². The summed E-state index contributed by atoms with van der Waals surface area (Å²) in [5, 5.41) is 0.308. The number of nitrogens with zero attached hydrogens (tertiary/aromatic N) is 1. The molecule has 1 aliphatic heterocycles. The molecule has 1 aliphatic rings. The van der Waals surface area contributed by atoms with Gasteiger partial charge < -0.3 is 19.1 Å². The highest BCUT2D eigenvalue weighted by Gasteiger charge is 2.22. The Morgan fingerprint density at radius 3 is 2.21 bits per heavy atom. The van der Waals surface area contributed by atoms with E-state index in [-0.39, 0.29) is 0 Å². The highest BCUT2D eigenvalue weighted by Crippen LogP contribution is 2.23. The van der Waals surface area contributed by atoms with Crippen molar-refractivity contribution in [3.63, 3.8) is 0 Å². The number of piperidine rings is 1. The third-order valence-electron chi connectivity index (χ3n) is 3.64. The van der Waals surface area contributed by atoms with Gasteiger partial charge in [-0.25, -0.2) is 0 Å². The highest BCUT2D eigenvalue weighted by molar-refractivity contribution is 6.20. The van der Waals surface area contributed by atoms with E-state index in [1.165, 1.54) is 12.8 Å². The number of likely N-dealkylation sites (tertiary alicyclic amines) is 1. The Bertz CT molecular complexity index is 209. The SMILES string of the molecule is COCCOCCOCCN1CCC(C(C)Cl)CC1. The lowest BCUT2D eigenvalue weighted by atomic mass is 9.94. The summed E-state index contributed by atoms with van der Waals surface area (Å²) in [6.45, 7) is 8.81. The van der Waals surface area contributed by atoms with Gasteiger partial charge in [0.1, 0.15) is 0 Å². The number of methoxy groups -OCH3 is 1. The molecule has 4 nitrogen and oxygen atoms in total. The van der Waals surface area contributed by atoms with Crippen molar-refractivity contribution >= 4 is 11.6 Å². The standard InChI is InChI=1S/C14H28ClNO3/c1-13(15)14-3-5-16(6-4-14)7-8-18-11-12-19-10-9-17-2/h13-14H,3-12H2,1-2H3. The number of hydrogen-bond acceptors (Lipinski definition) is 4. The zero-order chi connectivity index (χ0) is 13.9. The first-order valence-corrected chi connectivity index (χ1v) is 7.68. The molecule has 0 bridgehead atoms. The van der Waals surface area contributed by atoms with Gasteiger partial charge in [0.2, 0.25) is 0 Å². The first-order chi connectivity index (χ1) is 9.24. The first kappa shape index (κ1) is 17.2. The summed E-state index contributed by atoms with van der Waals surface area (Å²) in [6, 6.07) is 0. The molecule has 114 valence electrons. The molecule has 0 aromatic heterocycles. The normalized spacial score (nSPS) is 19.7. The van der Waals surface area contributed by atoms with Crippen LogP contribution in [0.3, 0.4) is 0 Å². The van der Waals surface area contributed by atoms with Crippen molar-refractivity contribution in [2.24, 2.45) is 5.92 Å². The smallest absolute Gasteiger partial charge is 0.0701 e. The quantitative estimate of drug-likeness (QED) is 0.455. The zero-order valence-electron chi connectivity index (χ0n) is 12.3. The second-order valence-electron chi connectivity index (χ2n) is 5.07. The molecule has 0 spiro atoms. The molecule has 1 saturated heterocycles. The van der Waals surface area contributed by atoms with Crippen LogP contribution in [-0.4, -0.2) is 70.1 Å². The van der Waals surface area contributed by atoms with E-state index in [4.69, 9.17) is 25.8 Å². The van der Waals surface area contributed by atoms with Crippen molar-refractivity contribution in [3.05, 3.63) is 0 Å². The maximum Gasteiger partial charge on any atom is 0.0701 e. The highest BCUT2D eigenvalue weighted by atomic mass is 35.5. The van der Waals surface area contributed by atoms with E-state index < -0.39 is 0 Å².